The maximum atomic E-state index is 13.0. The van der Waals surface area contributed by atoms with Crippen molar-refractivity contribution in [2.24, 2.45) is 11.8 Å². The van der Waals surface area contributed by atoms with Gasteiger partial charge < -0.3 is 29.5 Å². The van der Waals surface area contributed by atoms with Crippen molar-refractivity contribution in [1.29, 1.82) is 0 Å². The Morgan fingerprint density at radius 2 is 0.643 bits per heavy atom. The van der Waals surface area contributed by atoms with E-state index in [4.69, 9.17) is 9.47 Å². The number of aliphatic hydroxyl groups excluding tert-OH is 2. The Labute approximate surface area is 348 Å². The Hall–Kier alpha value is -1.22. The van der Waals surface area contributed by atoms with Crippen LogP contribution in [0.5, 0.6) is 0 Å². The number of carbonyl (C=O) groups is 2. The fraction of sp³-hybridized carbons (Fsp3) is 0.958. The van der Waals surface area contributed by atoms with Gasteiger partial charge in [0.2, 0.25) is 0 Å². The van der Waals surface area contributed by atoms with Crippen LogP contribution in [0.2, 0.25) is 0 Å². The van der Waals surface area contributed by atoms with Crippen LogP contribution in [0.25, 0.3) is 0 Å². The summed E-state index contributed by atoms with van der Waals surface area (Å²) in [5.74, 6) is 0.121. The first kappa shape index (κ1) is 54.8. The summed E-state index contributed by atoms with van der Waals surface area (Å²) < 4.78 is 11.6. The zero-order chi connectivity index (χ0) is 41.2. The van der Waals surface area contributed by atoms with E-state index in [0.29, 0.717) is 26.3 Å². The van der Waals surface area contributed by atoms with Crippen LogP contribution >= 0.6 is 0 Å². The van der Waals surface area contributed by atoms with Gasteiger partial charge >= 0.3 is 11.9 Å². The van der Waals surface area contributed by atoms with E-state index in [9.17, 15) is 19.8 Å². The van der Waals surface area contributed by atoms with Crippen molar-refractivity contribution >= 4 is 11.9 Å². The predicted octanol–water partition coefficient (Wildman–Crippen LogP) is 11.7. The molecule has 0 fully saturated rings. The fourth-order valence-corrected chi connectivity index (χ4v) is 7.82. The summed E-state index contributed by atoms with van der Waals surface area (Å²) in [4.78, 5) is 30.7. The van der Waals surface area contributed by atoms with Gasteiger partial charge in [0, 0.05) is 13.1 Å². The maximum Gasteiger partial charge on any atom is 0.308 e. The first-order valence-corrected chi connectivity index (χ1v) is 24.5. The van der Waals surface area contributed by atoms with Crippen molar-refractivity contribution in [1.82, 2.24) is 9.80 Å². The van der Waals surface area contributed by atoms with Gasteiger partial charge in [-0.3, -0.25) is 9.59 Å². The topological polar surface area (TPSA) is 99.5 Å². The summed E-state index contributed by atoms with van der Waals surface area (Å²) in [6.45, 7) is 15.2. The third-order valence-electron chi connectivity index (χ3n) is 11.5. The van der Waals surface area contributed by atoms with Crippen LogP contribution in [0.4, 0.5) is 0 Å². The largest absolute Gasteiger partial charge is 0.465 e. The smallest absolute Gasteiger partial charge is 0.308 e. The average molecular weight is 797 g/mol. The monoisotopic (exact) mass is 797 g/mol. The van der Waals surface area contributed by atoms with E-state index in [1.54, 1.807) is 0 Å². The molecule has 0 aromatic carbocycles. The average Bonchev–Trinajstić information content (AvgIpc) is 3.19. The highest BCUT2D eigenvalue weighted by Gasteiger charge is 2.20. The number of aliphatic hydroxyl groups is 2. The van der Waals surface area contributed by atoms with E-state index in [1.807, 2.05) is 0 Å². The number of hydrogen-bond acceptors (Lipinski definition) is 8. The molecule has 56 heavy (non-hydrogen) atoms. The van der Waals surface area contributed by atoms with E-state index in [2.05, 4.69) is 37.5 Å². The normalized spacial score (nSPS) is 12.8. The predicted molar refractivity (Wildman–Crippen MR) is 237 cm³/mol. The van der Waals surface area contributed by atoms with E-state index < -0.39 is 0 Å². The van der Waals surface area contributed by atoms with Gasteiger partial charge in [-0.05, 0) is 90.4 Å². The molecule has 8 nitrogen and oxygen atoms in total. The minimum Gasteiger partial charge on any atom is -0.465 e. The van der Waals surface area contributed by atoms with Crippen LogP contribution in [0, 0.1) is 11.8 Å². The number of ether oxygens (including phenoxy) is 2. The summed E-state index contributed by atoms with van der Waals surface area (Å²) >= 11 is 0. The van der Waals surface area contributed by atoms with Crippen LogP contribution in [0.3, 0.4) is 0 Å². The second-order valence-corrected chi connectivity index (χ2v) is 16.8. The number of carbonyl (C=O) groups excluding carboxylic acids is 2. The quantitative estimate of drug-likeness (QED) is 0.0464. The molecule has 334 valence electrons. The SMILES string of the molecule is CCCCCCCCC(CCCCCC)C(=O)OCCCCN(CCO)CCCCN(CCO)CCCCOC(=O)C(CCCCCC)CCCCCCCC. The van der Waals surface area contributed by atoms with Gasteiger partial charge in [-0.25, -0.2) is 0 Å². The lowest BCUT2D eigenvalue weighted by Crippen LogP contribution is -2.32. The summed E-state index contributed by atoms with van der Waals surface area (Å²) in [5.41, 5.74) is 0. The zero-order valence-corrected chi connectivity index (χ0v) is 37.9. The fourth-order valence-electron chi connectivity index (χ4n) is 7.82. The van der Waals surface area contributed by atoms with Crippen LogP contribution in [-0.2, 0) is 19.1 Å². The van der Waals surface area contributed by atoms with E-state index in [1.165, 1.54) is 103 Å². The molecule has 0 saturated heterocycles. The van der Waals surface area contributed by atoms with Gasteiger partial charge in [-0.2, -0.15) is 0 Å². The van der Waals surface area contributed by atoms with E-state index in [-0.39, 0.29) is 37.0 Å². The number of rotatable bonds is 45. The van der Waals surface area contributed by atoms with E-state index >= 15 is 0 Å². The summed E-state index contributed by atoms with van der Waals surface area (Å²) in [6, 6.07) is 0. The summed E-state index contributed by atoms with van der Waals surface area (Å²) in [6.07, 6.45) is 34.0. The molecule has 0 aromatic heterocycles. The molecule has 2 N–H and O–H groups in total. The summed E-state index contributed by atoms with van der Waals surface area (Å²) in [5, 5.41) is 19.4. The Balaban J connectivity index is 4.46. The molecule has 0 bridgehead atoms. The Kier molecular flexibility index (Phi) is 42.4. The lowest BCUT2D eigenvalue weighted by Gasteiger charge is -2.24. The van der Waals surface area contributed by atoms with Crippen LogP contribution in [0.15, 0.2) is 0 Å². The lowest BCUT2D eigenvalue weighted by atomic mass is 9.94. The van der Waals surface area contributed by atoms with Crippen molar-refractivity contribution < 1.29 is 29.3 Å². The molecule has 2 unspecified atom stereocenters. The zero-order valence-electron chi connectivity index (χ0n) is 37.9. The lowest BCUT2D eigenvalue weighted by molar-refractivity contribution is -0.150. The van der Waals surface area contributed by atoms with Gasteiger partial charge in [-0.1, -0.05) is 156 Å². The molecule has 8 heteroatoms. The van der Waals surface area contributed by atoms with Gasteiger partial charge in [0.15, 0.2) is 0 Å². The molecule has 0 spiro atoms. The molecule has 0 radical (unpaired) electrons. The highest BCUT2D eigenvalue weighted by Crippen LogP contribution is 2.22. The number of hydrogen-bond donors (Lipinski definition) is 2. The van der Waals surface area contributed by atoms with E-state index in [0.717, 1.165) is 116 Å². The molecule has 0 rings (SSSR count). The molecular formula is C48H96N2O6. The van der Waals surface area contributed by atoms with Gasteiger partial charge in [0.25, 0.3) is 0 Å². The molecule has 0 saturated carbocycles. The highest BCUT2D eigenvalue weighted by molar-refractivity contribution is 5.72. The van der Waals surface area contributed by atoms with Crippen LogP contribution in [-0.4, -0.2) is 97.6 Å². The highest BCUT2D eigenvalue weighted by atomic mass is 16.5. The first-order chi connectivity index (χ1) is 27.5. The number of esters is 2. The Bertz CT molecular complexity index is 763. The standard InChI is InChI=1S/C48H96N2O6/c1-5-9-13-17-19-23-33-45(31-21-15-11-7-3)47(53)55-43-29-27-37-49(39-41-51)35-25-26-36-50(40-42-52)38-28-30-44-56-48(54)46(32-22-16-12-8-4)34-24-20-18-14-10-6-2/h45-46,51-52H,5-44H2,1-4H3. The minimum atomic E-state index is 0.0105. The summed E-state index contributed by atoms with van der Waals surface area (Å²) in [7, 11) is 0. The maximum absolute atomic E-state index is 13.0. The van der Waals surface area contributed by atoms with Gasteiger partial charge in [0.1, 0.15) is 0 Å². The second-order valence-electron chi connectivity index (χ2n) is 16.8. The Morgan fingerprint density at radius 1 is 0.375 bits per heavy atom. The molecule has 0 aromatic rings. The molecule has 0 aliphatic carbocycles. The number of unbranched alkanes of at least 4 members (excludes halogenated alkanes) is 19. The van der Waals surface area contributed by atoms with Crippen molar-refractivity contribution in [3.63, 3.8) is 0 Å². The van der Waals surface area contributed by atoms with Crippen molar-refractivity contribution in [3.05, 3.63) is 0 Å². The molecule has 0 aliphatic rings. The third kappa shape index (κ3) is 34.8. The van der Waals surface area contributed by atoms with Crippen LogP contribution in [0.1, 0.15) is 220 Å². The van der Waals surface area contributed by atoms with Crippen molar-refractivity contribution in [2.45, 2.75) is 220 Å². The molecular weight excluding hydrogens is 701 g/mol. The van der Waals surface area contributed by atoms with Crippen LogP contribution < -0.4 is 0 Å². The third-order valence-corrected chi connectivity index (χ3v) is 11.5. The molecule has 0 heterocycles. The van der Waals surface area contributed by atoms with Gasteiger partial charge in [0.05, 0.1) is 38.3 Å². The molecule has 0 amide bonds. The number of nitrogens with zero attached hydrogens (tertiary/aromatic N) is 2. The van der Waals surface area contributed by atoms with Gasteiger partial charge in [-0.15, -0.1) is 0 Å². The molecule has 0 aliphatic heterocycles. The second kappa shape index (κ2) is 43.4. The minimum absolute atomic E-state index is 0.0105. The van der Waals surface area contributed by atoms with Crippen molar-refractivity contribution in [2.75, 3.05) is 65.7 Å². The Morgan fingerprint density at radius 3 is 0.946 bits per heavy atom. The first-order valence-electron chi connectivity index (χ1n) is 24.5. The molecule has 2 atom stereocenters. The van der Waals surface area contributed by atoms with Crippen molar-refractivity contribution in [3.8, 4) is 0 Å².